The summed E-state index contributed by atoms with van der Waals surface area (Å²) in [5.41, 5.74) is 0.418. The molecule has 1 aromatic rings. The molecule has 0 saturated carbocycles. The topological polar surface area (TPSA) is 75.2 Å². The van der Waals surface area contributed by atoms with Gasteiger partial charge in [0.05, 0.1) is 14.2 Å². The van der Waals surface area contributed by atoms with Gasteiger partial charge in [0.15, 0.2) is 0 Å². The Bertz CT molecular complexity index is 736. The second-order valence-corrected chi connectivity index (χ2v) is 8.07. The Labute approximate surface area is 179 Å². The predicted molar refractivity (Wildman–Crippen MR) is 114 cm³/mol. The number of piperidine rings is 2. The molecule has 0 radical (unpaired) electrons. The zero-order valence-corrected chi connectivity index (χ0v) is 18.4. The van der Waals surface area contributed by atoms with Crippen LogP contribution in [-0.4, -0.2) is 91.0 Å². The highest BCUT2D eigenvalue weighted by Gasteiger charge is 2.31. The van der Waals surface area contributed by atoms with E-state index in [1.807, 2.05) is 9.80 Å². The summed E-state index contributed by atoms with van der Waals surface area (Å²) in [4.78, 5) is 36.0. The van der Waals surface area contributed by atoms with Crippen molar-refractivity contribution in [3.05, 3.63) is 17.7 Å². The highest BCUT2D eigenvalue weighted by Crippen LogP contribution is 2.24. The molecule has 1 unspecified atom stereocenters. The quantitative estimate of drug-likeness (QED) is 0.675. The second-order valence-electron chi connectivity index (χ2n) is 8.07. The number of aromatic nitrogens is 1. The maximum atomic E-state index is 13.2. The van der Waals surface area contributed by atoms with E-state index in [4.69, 9.17) is 9.47 Å². The summed E-state index contributed by atoms with van der Waals surface area (Å²) in [6.45, 7) is 6.69. The molecule has 1 aromatic heterocycles. The third kappa shape index (κ3) is 5.41. The first-order valence-corrected chi connectivity index (χ1v) is 10.9. The standard InChI is InChI=1S/C22H34N4O4/c1-17(27)26(15-14-24-11-5-4-6-12-24)18-8-7-13-25(16-18)22(28)19-9-10-20(29-2)23-21(19)30-3/h9-10,18H,4-8,11-16H2,1-3H3. The Balaban J connectivity index is 1.66. The lowest BCUT2D eigenvalue weighted by Gasteiger charge is -2.40. The van der Waals surface area contributed by atoms with E-state index < -0.39 is 0 Å². The van der Waals surface area contributed by atoms with Crippen LogP contribution in [0.3, 0.4) is 0 Å². The number of amides is 2. The Hall–Kier alpha value is -2.35. The lowest BCUT2D eigenvalue weighted by molar-refractivity contribution is -0.132. The highest BCUT2D eigenvalue weighted by molar-refractivity contribution is 5.96. The molecule has 8 nitrogen and oxygen atoms in total. The number of pyridine rings is 1. The zero-order valence-electron chi connectivity index (χ0n) is 18.4. The Morgan fingerprint density at radius 2 is 1.87 bits per heavy atom. The molecular weight excluding hydrogens is 384 g/mol. The minimum atomic E-state index is -0.119. The van der Waals surface area contributed by atoms with Crippen LogP contribution >= 0.6 is 0 Å². The first-order chi connectivity index (χ1) is 14.5. The number of hydrogen-bond acceptors (Lipinski definition) is 6. The van der Waals surface area contributed by atoms with Gasteiger partial charge in [-0.3, -0.25) is 9.59 Å². The van der Waals surface area contributed by atoms with E-state index in [0.29, 0.717) is 24.5 Å². The number of methoxy groups -OCH3 is 2. The van der Waals surface area contributed by atoms with Gasteiger partial charge in [-0.05, 0) is 44.8 Å². The summed E-state index contributed by atoms with van der Waals surface area (Å²) in [6, 6.07) is 3.40. The Kier molecular flexibility index (Phi) is 7.90. The van der Waals surface area contributed by atoms with Crippen LogP contribution in [0, 0.1) is 0 Å². The van der Waals surface area contributed by atoms with Crippen molar-refractivity contribution in [1.29, 1.82) is 0 Å². The van der Waals surface area contributed by atoms with Gasteiger partial charge in [-0.1, -0.05) is 6.42 Å². The minimum absolute atomic E-state index is 0.0437. The fourth-order valence-electron chi connectivity index (χ4n) is 4.45. The number of nitrogens with zero attached hydrogens (tertiary/aromatic N) is 4. The predicted octanol–water partition coefficient (Wildman–Crippen LogP) is 2.04. The number of hydrogen-bond donors (Lipinski definition) is 0. The molecule has 0 aliphatic carbocycles. The monoisotopic (exact) mass is 418 g/mol. The summed E-state index contributed by atoms with van der Waals surface area (Å²) in [5, 5.41) is 0. The molecule has 0 spiro atoms. The van der Waals surface area contributed by atoms with Gasteiger partial charge in [0, 0.05) is 45.2 Å². The van der Waals surface area contributed by atoms with Crippen LogP contribution in [0.25, 0.3) is 0 Å². The van der Waals surface area contributed by atoms with Crippen LogP contribution < -0.4 is 9.47 Å². The maximum absolute atomic E-state index is 13.2. The van der Waals surface area contributed by atoms with Crippen LogP contribution in [0.5, 0.6) is 11.8 Å². The van der Waals surface area contributed by atoms with Gasteiger partial charge >= 0.3 is 0 Å². The molecule has 2 aliphatic rings. The fraction of sp³-hybridized carbons (Fsp3) is 0.682. The van der Waals surface area contributed by atoms with Crippen LogP contribution in [-0.2, 0) is 4.79 Å². The van der Waals surface area contributed by atoms with Crippen molar-refractivity contribution < 1.29 is 19.1 Å². The van der Waals surface area contributed by atoms with E-state index in [0.717, 1.165) is 39.0 Å². The molecule has 0 bridgehead atoms. The van der Waals surface area contributed by atoms with Crippen molar-refractivity contribution in [3.8, 4) is 11.8 Å². The summed E-state index contributed by atoms with van der Waals surface area (Å²) in [7, 11) is 3.02. The normalized spacial score (nSPS) is 20.0. The summed E-state index contributed by atoms with van der Waals surface area (Å²) < 4.78 is 10.4. The molecule has 0 aromatic carbocycles. The Morgan fingerprint density at radius 1 is 1.10 bits per heavy atom. The zero-order chi connectivity index (χ0) is 21.5. The van der Waals surface area contributed by atoms with Gasteiger partial charge in [0.2, 0.25) is 17.7 Å². The van der Waals surface area contributed by atoms with Gasteiger partial charge in [0.25, 0.3) is 5.91 Å². The van der Waals surface area contributed by atoms with Gasteiger partial charge in [0.1, 0.15) is 5.56 Å². The van der Waals surface area contributed by atoms with Crippen LogP contribution in [0.2, 0.25) is 0 Å². The van der Waals surface area contributed by atoms with Gasteiger partial charge in [-0.25, -0.2) is 0 Å². The molecule has 2 fully saturated rings. The van der Waals surface area contributed by atoms with E-state index in [2.05, 4.69) is 9.88 Å². The number of carbonyl (C=O) groups is 2. The molecule has 0 N–H and O–H groups in total. The lowest BCUT2D eigenvalue weighted by atomic mass is 10.0. The minimum Gasteiger partial charge on any atom is -0.481 e. The van der Waals surface area contributed by atoms with Crippen molar-refractivity contribution in [1.82, 2.24) is 19.7 Å². The SMILES string of the molecule is COc1ccc(C(=O)N2CCCC(N(CCN3CCCCC3)C(C)=O)C2)c(OC)n1. The molecule has 2 aliphatic heterocycles. The Morgan fingerprint density at radius 3 is 2.53 bits per heavy atom. The molecule has 1 atom stereocenters. The number of rotatable bonds is 7. The van der Waals surface area contributed by atoms with Crippen molar-refractivity contribution in [3.63, 3.8) is 0 Å². The smallest absolute Gasteiger partial charge is 0.259 e. The molecule has 3 rings (SSSR count). The van der Waals surface area contributed by atoms with E-state index in [1.165, 1.54) is 33.5 Å². The number of carbonyl (C=O) groups excluding carboxylic acids is 2. The van der Waals surface area contributed by atoms with Crippen molar-refractivity contribution >= 4 is 11.8 Å². The molecule has 8 heteroatoms. The van der Waals surface area contributed by atoms with Crippen molar-refractivity contribution in [2.75, 3.05) is 53.5 Å². The van der Waals surface area contributed by atoms with Gasteiger partial charge in [-0.2, -0.15) is 4.98 Å². The molecule has 2 amide bonds. The first-order valence-electron chi connectivity index (χ1n) is 10.9. The summed E-state index contributed by atoms with van der Waals surface area (Å²) in [5.74, 6) is 0.622. The molecular formula is C22H34N4O4. The van der Waals surface area contributed by atoms with Crippen molar-refractivity contribution in [2.45, 2.75) is 45.1 Å². The maximum Gasteiger partial charge on any atom is 0.259 e. The summed E-state index contributed by atoms with van der Waals surface area (Å²) in [6.07, 6.45) is 5.57. The average molecular weight is 419 g/mol. The third-order valence-corrected chi connectivity index (χ3v) is 6.10. The summed E-state index contributed by atoms with van der Waals surface area (Å²) >= 11 is 0. The fourth-order valence-corrected chi connectivity index (χ4v) is 4.45. The van der Waals surface area contributed by atoms with E-state index >= 15 is 0 Å². The van der Waals surface area contributed by atoms with Gasteiger partial charge in [-0.15, -0.1) is 0 Å². The third-order valence-electron chi connectivity index (χ3n) is 6.10. The van der Waals surface area contributed by atoms with E-state index in [9.17, 15) is 9.59 Å². The van der Waals surface area contributed by atoms with Crippen molar-refractivity contribution in [2.24, 2.45) is 0 Å². The van der Waals surface area contributed by atoms with E-state index in [-0.39, 0.29) is 23.7 Å². The molecule has 3 heterocycles. The van der Waals surface area contributed by atoms with E-state index in [1.54, 1.807) is 19.1 Å². The van der Waals surface area contributed by atoms with Crippen LogP contribution in [0.4, 0.5) is 0 Å². The number of ether oxygens (including phenoxy) is 2. The van der Waals surface area contributed by atoms with Crippen LogP contribution in [0.1, 0.15) is 49.4 Å². The number of likely N-dealkylation sites (tertiary alicyclic amines) is 2. The van der Waals surface area contributed by atoms with Crippen LogP contribution in [0.15, 0.2) is 12.1 Å². The lowest BCUT2D eigenvalue weighted by Crippen LogP contribution is -2.53. The molecule has 30 heavy (non-hydrogen) atoms. The molecule has 2 saturated heterocycles. The highest BCUT2D eigenvalue weighted by atomic mass is 16.5. The second kappa shape index (κ2) is 10.6. The first kappa shape index (κ1) is 22.3. The largest absolute Gasteiger partial charge is 0.481 e. The molecule has 166 valence electrons. The average Bonchev–Trinajstić information content (AvgIpc) is 2.79. The van der Waals surface area contributed by atoms with Gasteiger partial charge < -0.3 is 24.2 Å².